The average Bonchev–Trinajstić information content (AvgIpc) is 3.02. The van der Waals surface area contributed by atoms with E-state index < -0.39 is 11.7 Å². The van der Waals surface area contributed by atoms with Gasteiger partial charge in [0.25, 0.3) is 5.91 Å². The molecule has 3 rings (SSSR count). The summed E-state index contributed by atoms with van der Waals surface area (Å²) in [6.45, 7) is 3.21. The van der Waals surface area contributed by atoms with Crippen LogP contribution < -0.4 is 0 Å². The van der Waals surface area contributed by atoms with Crippen LogP contribution in [0.1, 0.15) is 40.9 Å². The number of halogens is 3. The molecular weight excluding hydrogens is 371 g/mol. The van der Waals surface area contributed by atoms with Crippen molar-refractivity contribution in [1.29, 1.82) is 0 Å². The lowest BCUT2D eigenvalue weighted by Crippen LogP contribution is -2.48. The van der Waals surface area contributed by atoms with E-state index in [4.69, 9.17) is 0 Å². The Balaban J connectivity index is 1.85. The molecule has 0 unspecified atom stereocenters. The van der Waals surface area contributed by atoms with Gasteiger partial charge in [-0.05, 0) is 52.4 Å². The lowest BCUT2D eigenvalue weighted by molar-refractivity contribution is -0.137. The molecule has 152 valence electrons. The minimum atomic E-state index is -4.44. The van der Waals surface area contributed by atoms with Gasteiger partial charge in [-0.1, -0.05) is 0 Å². The van der Waals surface area contributed by atoms with Crippen molar-refractivity contribution in [2.45, 2.75) is 38.4 Å². The van der Waals surface area contributed by atoms with E-state index in [2.05, 4.69) is 15.0 Å². The molecule has 0 aliphatic carbocycles. The molecule has 0 bridgehead atoms. The van der Waals surface area contributed by atoms with Gasteiger partial charge in [-0.15, -0.1) is 0 Å². The fourth-order valence-electron chi connectivity index (χ4n) is 3.56. The molecule has 0 saturated carbocycles. The third-order valence-corrected chi connectivity index (χ3v) is 5.00. The standard InChI is InChI=1S/C19H24F3N5O/c1-13-16(18(28)26-9-5-4-6-15(26)12-25(2)3)11-24-27(13)17-8-7-14(10-23-17)19(20,21)22/h7-8,10-11,15H,4-6,9,12H2,1-3H3/t15-/m0/s1. The first-order valence-corrected chi connectivity index (χ1v) is 9.22. The fourth-order valence-corrected chi connectivity index (χ4v) is 3.56. The van der Waals surface area contributed by atoms with E-state index in [-0.39, 0.29) is 17.8 Å². The van der Waals surface area contributed by atoms with E-state index in [0.29, 0.717) is 17.8 Å². The number of carbonyl (C=O) groups is 1. The molecule has 1 aliphatic heterocycles. The summed E-state index contributed by atoms with van der Waals surface area (Å²) in [5.74, 6) is 0.148. The van der Waals surface area contributed by atoms with Crippen LogP contribution in [0.4, 0.5) is 13.2 Å². The Hall–Kier alpha value is -2.42. The van der Waals surface area contributed by atoms with Crippen LogP contribution in [0.25, 0.3) is 5.82 Å². The molecule has 28 heavy (non-hydrogen) atoms. The monoisotopic (exact) mass is 395 g/mol. The van der Waals surface area contributed by atoms with Gasteiger partial charge in [0.05, 0.1) is 23.0 Å². The number of hydrogen-bond donors (Lipinski definition) is 0. The summed E-state index contributed by atoms with van der Waals surface area (Å²) in [7, 11) is 3.97. The van der Waals surface area contributed by atoms with E-state index in [1.807, 2.05) is 19.0 Å². The number of likely N-dealkylation sites (tertiary alicyclic amines) is 1. The molecular formula is C19H24F3N5O. The lowest BCUT2D eigenvalue weighted by Gasteiger charge is -2.37. The molecule has 2 aromatic rings. The summed E-state index contributed by atoms with van der Waals surface area (Å²) in [6.07, 6.45) is 0.812. The van der Waals surface area contributed by atoms with Gasteiger partial charge in [-0.2, -0.15) is 18.3 Å². The molecule has 0 radical (unpaired) electrons. The van der Waals surface area contributed by atoms with E-state index in [1.165, 1.54) is 16.9 Å². The minimum Gasteiger partial charge on any atom is -0.334 e. The van der Waals surface area contributed by atoms with Crippen LogP contribution in [-0.2, 0) is 6.18 Å². The van der Waals surface area contributed by atoms with Gasteiger partial charge in [0.1, 0.15) is 0 Å². The molecule has 0 aromatic carbocycles. The van der Waals surface area contributed by atoms with Crippen LogP contribution in [0.3, 0.4) is 0 Å². The number of likely N-dealkylation sites (N-methyl/N-ethyl adjacent to an activating group) is 1. The summed E-state index contributed by atoms with van der Waals surface area (Å²) in [5.41, 5.74) is 0.191. The van der Waals surface area contributed by atoms with Crippen LogP contribution in [-0.4, -0.2) is 63.7 Å². The number of piperidine rings is 1. The van der Waals surface area contributed by atoms with Gasteiger partial charge in [-0.3, -0.25) is 4.79 Å². The zero-order valence-corrected chi connectivity index (χ0v) is 16.2. The van der Waals surface area contributed by atoms with E-state index >= 15 is 0 Å². The molecule has 2 aromatic heterocycles. The molecule has 3 heterocycles. The third kappa shape index (κ3) is 4.19. The van der Waals surface area contributed by atoms with E-state index in [0.717, 1.165) is 38.1 Å². The van der Waals surface area contributed by atoms with Crippen molar-refractivity contribution in [3.8, 4) is 5.82 Å². The summed E-state index contributed by atoms with van der Waals surface area (Å²) >= 11 is 0. The number of amides is 1. The van der Waals surface area contributed by atoms with Gasteiger partial charge in [0.15, 0.2) is 5.82 Å². The number of rotatable bonds is 4. The largest absolute Gasteiger partial charge is 0.417 e. The van der Waals surface area contributed by atoms with Crippen LogP contribution >= 0.6 is 0 Å². The Morgan fingerprint density at radius 1 is 1.25 bits per heavy atom. The second-order valence-corrected chi connectivity index (χ2v) is 7.37. The summed E-state index contributed by atoms with van der Waals surface area (Å²) in [4.78, 5) is 20.9. The first-order valence-electron chi connectivity index (χ1n) is 9.22. The molecule has 9 heteroatoms. The zero-order valence-electron chi connectivity index (χ0n) is 16.2. The maximum absolute atomic E-state index is 13.1. The summed E-state index contributed by atoms with van der Waals surface area (Å²) in [6, 6.07) is 2.36. The quantitative estimate of drug-likeness (QED) is 0.798. The number of aromatic nitrogens is 3. The second kappa shape index (κ2) is 7.90. The summed E-state index contributed by atoms with van der Waals surface area (Å²) < 4.78 is 39.6. The molecule has 1 fully saturated rings. The van der Waals surface area contributed by atoms with Crippen molar-refractivity contribution in [2.24, 2.45) is 0 Å². The Morgan fingerprint density at radius 2 is 2.00 bits per heavy atom. The molecule has 1 saturated heterocycles. The third-order valence-electron chi connectivity index (χ3n) is 5.00. The van der Waals surface area contributed by atoms with E-state index in [9.17, 15) is 18.0 Å². The molecule has 1 atom stereocenters. The predicted octanol–water partition coefficient (Wildman–Crippen LogP) is 3.15. The highest BCUT2D eigenvalue weighted by Gasteiger charge is 2.32. The van der Waals surface area contributed by atoms with E-state index in [1.54, 1.807) is 6.92 Å². The first-order chi connectivity index (χ1) is 13.2. The Labute approximate surface area is 162 Å². The molecule has 0 N–H and O–H groups in total. The minimum absolute atomic E-state index is 0.0952. The molecule has 1 amide bonds. The highest BCUT2D eigenvalue weighted by atomic mass is 19.4. The van der Waals surface area contributed by atoms with Crippen LogP contribution in [0, 0.1) is 6.92 Å². The van der Waals surface area contributed by atoms with Gasteiger partial charge >= 0.3 is 6.18 Å². The maximum Gasteiger partial charge on any atom is 0.417 e. The van der Waals surface area contributed by atoms with Crippen LogP contribution in [0.5, 0.6) is 0 Å². The van der Waals surface area contributed by atoms with Crippen LogP contribution in [0.2, 0.25) is 0 Å². The zero-order chi connectivity index (χ0) is 20.5. The van der Waals surface area contributed by atoms with Crippen molar-refractivity contribution in [1.82, 2.24) is 24.6 Å². The van der Waals surface area contributed by atoms with Crippen molar-refractivity contribution in [3.63, 3.8) is 0 Å². The smallest absolute Gasteiger partial charge is 0.334 e. The Kier molecular flexibility index (Phi) is 5.74. The number of nitrogens with zero attached hydrogens (tertiary/aromatic N) is 5. The molecule has 0 spiro atoms. The fraction of sp³-hybridized carbons (Fsp3) is 0.526. The Morgan fingerprint density at radius 3 is 2.61 bits per heavy atom. The highest BCUT2D eigenvalue weighted by molar-refractivity contribution is 5.95. The number of alkyl halides is 3. The first kappa shape index (κ1) is 20.3. The topological polar surface area (TPSA) is 54.3 Å². The number of pyridine rings is 1. The normalized spacial score (nSPS) is 18.0. The average molecular weight is 395 g/mol. The predicted molar refractivity (Wildman–Crippen MR) is 98.3 cm³/mol. The van der Waals surface area contributed by atoms with Gasteiger partial charge < -0.3 is 9.80 Å². The van der Waals surface area contributed by atoms with Gasteiger partial charge in [0.2, 0.25) is 0 Å². The molecule has 6 nitrogen and oxygen atoms in total. The van der Waals surface area contributed by atoms with Crippen molar-refractivity contribution >= 4 is 5.91 Å². The van der Waals surface area contributed by atoms with Gasteiger partial charge in [0, 0.05) is 25.3 Å². The summed E-state index contributed by atoms with van der Waals surface area (Å²) in [5, 5.41) is 4.19. The highest BCUT2D eigenvalue weighted by Crippen LogP contribution is 2.29. The molecule has 1 aliphatic rings. The van der Waals surface area contributed by atoms with Gasteiger partial charge in [-0.25, -0.2) is 9.67 Å². The number of hydrogen-bond acceptors (Lipinski definition) is 4. The van der Waals surface area contributed by atoms with Crippen molar-refractivity contribution in [2.75, 3.05) is 27.2 Å². The lowest BCUT2D eigenvalue weighted by atomic mass is 10.0. The SMILES string of the molecule is Cc1c(C(=O)N2CCCC[C@H]2CN(C)C)cnn1-c1ccc(C(F)(F)F)cn1. The number of carbonyl (C=O) groups excluding carboxylic acids is 1. The van der Waals surface area contributed by atoms with Crippen molar-refractivity contribution in [3.05, 3.63) is 41.3 Å². The maximum atomic E-state index is 13.1. The second-order valence-electron chi connectivity index (χ2n) is 7.37. The Bertz CT molecular complexity index is 829. The van der Waals surface area contributed by atoms with Crippen LogP contribution in [0.15, 0.2) is 24.5 Å². The van der Waals surface area contributed by atoms with Crippen molar-refractivity contribution < 1.29 is 18.0 Å².